The van der Waals surface area contributed by atoms with Gasteiger partial charge < -0.3 is 14.6 Å². The number of hydrogen-bond acceptors (Lipinski definition) is 7. The highest BCUT2D eigenvalue weighted by Crippen LogP contribution is 2.46. The van der Waals surface area contributed by atoms with E-state index in [1.807, 2.05) is 51.1 Å². The van der Waals surface area contributed by atoms with Gasteiger partial charge in [-0.1, -0.05) is 67.1 Å². The minimum absolute atomic E-state index is 0.00143. The smallest absolute Gasteiger partial charge is 0.301 e. The number of thiazole rings is 1. The van der Waals surface area contributed by atoms with Crippen molar-refractivity contribution in [3.8, 4) is 11.5 Å². The van der Waals surface area contributed by atoms with Gasteiger partial charge in [-0.25, -0.2) is 4.98 Å². The van der Waals surface area contributed by atoms with E-state index in [0.717, 1.165) is 33.3 Å². The molecule has 1 amide bonds. The molecule has 41 heavy (non-hydrogen) atoms. The van der Waals surface area contributed by atoms with Gasteiger partial charge in [-0.2, -0.15) is 0 Å². The first-order valence-corrected chi connectivity index (χ1v) is 14.5. The van der Waals surface area contributed by atoms with E-state index in [2.05, 4.69) is 13.8 Å². The van der Waals surface area contributed by atoms with Crippen LogP contribution in [0, 0.1) is 26.7 Å². The van der Waals surface area contributed by atoms with E-state index in [1.54, 1.807) is 31.4 Å². The molecule has 1 N–H and O–H groups in total. The molecule has 1 atom stereocenters. The summed E-state index contributed by atoms with van der Waals surface area (Å²) in [6.07, 6.45) is 0.887. The maximum atomic E-state index is 13.7. The van der Waals surface area contributed by atoms with Crippen molar-refractivity contribution in [1.29, 1.82) is 0 Å². The molecular formula is C33H34N2O5S. The molecule has 1 unspecified atom stereocenters. The monoisotopic (exact) mass is 570 g/mol. The van der Waals surface area contributed by atoms with E-state index in [-0.39, 0.29) is 11.3 Å². The molecule has 1 aliphatic heterocycles. The van der Waals surface area contributed by atoms with Crippen LogP contribution in [0.15, 0.2) is 60.2 Å². The molecule has 5 rings (SSSR count). The molecule has 0 spiro atoms. The first-order chi connectivity index (χ1) is 19.6. The van der Waals surface area contributed by atoms with Crippen LogP contribution in [0.25, 0.3) is 16.0 Å². The quantitative estimate of drug-likeness (QED) is 0.136. The topological polar surface area (TPSA) is 89.0 Å². The first kappa shape index (κ1) is 28.4. The Morgan fingerprint density at radius 2 is 1.73 bits per heavy atom. The Morgan fingerprint density at radius 3 is 2.41 bits per heavy atom. The van der Waals surface area contributed by atoms with Gasteiger partial charge >= 0.3 is 5.91 Å². The highest BCUT2D eigenvalue weighted by Gasteiger charge is 2.48. The number of nitrogens with zero attached hydrogens (tertiary/aromatic N) is 2. The predicted molar refractivity (Wildman–Crippen MR) is 163 cm³/mol. The number of amides is 1. The number of ether oxygens (including phenoxy) is 2. The second-order valence-corrected chi connectivity index (χ2v) is 11.9. The summed E-state index contributed by atoms with van der Waals surface area (Å²) in [5, 5.41) is 11.9. The number of hydrogen-bond donors (Lipinski definition) is 1. The van der Waals surface area contributed by atoms with Gasteiger partial charge in [-0.05, 0) is 68.0 Å². The summed E-state index contributed by atoms with van der Waals surface area (Å²) in [7, 11) is 1.55. The minimum Gasteiger partial charge on any atom is -0.507 e. The number of ketones is 1. The van der Waals surface area contributed by atoms with Crippen LogP contribution >= 0.6 is 11.3 Å². The number of methoxy groups -OCH3 is 1. The van der Waals surface area contributed by atoms with Crippen molar-refractivity contribution in [3.05, 3.63) is 88.0 Å². The number of rotatable bonds is 8. The fourth-order valence-corrected chi connectivity index (χ4v) is 6.22. The van der Waals surface area contributed by atoms with Crippen LogP contribution in [0.2, 0.25) is 0 Å². The fourth-order valence-electron chi connectivity index (χ4n) is 5.05. The summed E-state index contributed by atoms with van der Waals surface area (Å²) in [5.41, 5.74) is 4.91. The Kier molecular flexibility index (Phi) is 7.87. The summed E-state index contributed by atoms with van der Waals surface area (Å²) in [6.45, 7) is 10.7. The number of aromatic nitrogens is 1. The minimum atomic E-state index is -0.920. The van der Waals surface area contributed by atoms with Gasteiger partial charge in [0.1, 0.15) is 5.76 Å². The van der Waals surface area contributed by atoms with Crippen LogP contribution in [0.4, 0.5) is 5.13 Å². The SMILES string of the molecule is COc1cc(C2/C(=C(\O)c3ccc(C)cc3)C(=O)C(=O)N2c2nc3c(C)cc(C)cc3s2)ccc1OCCC(C)C. The number of benzene rings is 3. The number of anilines is 1. The van der Waals surface area contributed by atoms with Crippen molar-refractivity contribution in [3.63, 3.8) is 0 Å². The molecule has 1 aromatic heterocycles. The summed E-state index contributed by atoms with van der Waals surface area (Å²) < 4.78 is 12.6. The molecule has 0 bridgehead atoms. The largest absolute Gasteiger partial charge is 0.507 e. The van der Waals surface area contributed by atoms with E-state index in [0.29, 0.717) is 40.3 Å². The van der Waals surface area contributed by atoms with Gasteiger partial charge in [0.25, 0.3) is 5.78 Å². The zero-order valence-electron chi connectivity index (χ0n) is 24.1. The van der Waals surface area contributed by atoms with Crippen LogP contribution in [0.5, 0.6) is 11.5 Å². The predicted octanol–water partition coefficient (Wildman–Crippen LogP) is 7.28. The van der Waals surface area contributed by atoms with Gasteiger partial charge in [-0.3, -0.25) is 14.5 Å². The Labute approximate surface area is 244 Å². The van der Waals surface area contributed by atoms with Crippen LogP contribution in [0.3, 0.4) is 0 Å². The average Bonchev–Trinajstić information content (AvgIpc) is 3.47. The summed E-state index contributed by atoms with van der Waals surface area (Å²) in [6, 6.07) is 15.7. The van der Waals surface area contributed by atoms with Crippen LogP contribution in [-0.4, -0.2) is 35.5 Å². The molecule has 1 saturated heterocycles. The zero-order valence-corrected chi connectivity index (χ0v) is 25.0. The first-order valence-electron chi connectivity index (χ1n) is 13.7. The molecule has 0 radical (unpaired) electrons. The number of carbonyl (C=O) groups is 2. The third-order valence-electron chi connectivity index (χ3n) is 7.25. The standard InChI is InChI=1S/C33H34N2O5S/c1-18(2)13-14-40-24-12-11-23(17-25(24)39-6)29-27(30(36)22-9-7-19(3)8-10-22)31(37)32(38)35(29)33-34-28-21(5)15-20(4)16-26(28)41-33/h7-12,15-18,29,36H,13-14H2,1-6H3/b30-27+. The molecule has 3 aromatic carbocycles. The number of aliphatic hydroxyl groups excluding tert-OH is 1. The molecule has 212 valence electrons. The molecule has 1 aliphatic rings. The normalized spacial score (nSPS) is 16.7. The van der Waals surface area contributed by atoms with E-state index in [9.17, 15) is 14.7 Å². The molecule has 0 aliphatic carbocycles. The van der Waals surface area contributed by atoms with Crippen molar-refractivity contribution in [2.24, 2.45) is 5.92 Å². The number of carbonyl (C=O) groups excluding carboxylic acids is 2. The van der Waals surface area contributed by atoms with Gasteiger partial charge in [0.05, 0.1) is 35.5 Å². The summed E-state index contributed by atoms with van der Waals surface area (Å²) in [4.78, 5) is 33.5. The highest BCUT2D eigenvalue weighted by molar-refractivity contribution is 7.22. The van der Waals surface area contributed by atoms with Crippen LogP contribution in [-0.2, 0) is 9.59 Å². The fraction of sp³-hybridized carbons (Fsp3) is 0.303. The number of fused-ring (bicyclic) bond motifs is 1. The molecule has 1 fully saturated rings. The second kappa shape index (κ2) is 11.4. The Morgan fingerprint density at radius 1 is 1.00 bits per heavy atom. The van der Waals surface area contributed by atoms with Crippen molar-refractivity contribution in [2.45, 2.75) is 47.1 Å². The van der Waals surface area contributed by atoms with Gasteiger partial charge in [0, 0.05) is 5.56 Å². The van der Waals surface area contributed by atoms with E-state index in [4.69, 9.17) is 14.5 Å². The zero-order chi connectivity index (χ0) is 29.4. The lowest BCUT2D eigenvalue weighted by molar-refractivity contribution is -0.132. The lowest BCUT2D eigenvalue weighted by atomic mass is 9.95. The van der Waals surface area contributed by atoms with E-state index < -0.39 is 17.7 Å². The van der Waals surface area contributed by atoms with E-state index >= 15 is 0 Å². The highest BCUT2D eigenvalue weighted by atomic mass is 32.1. The second-order valence-electron chi connectivity index (χ2n) is 10.9. The Bertz CT molecular complexity index is 1670. The number of Topliss-reactive ketones (excluding diaryl/α,β-unsaturated/α-hetero) is 1. The Hall–Kier alpha value is -4.17. The number of aryl methyl sites for hydroxylation is 3. The van der Waals surface area contributed by atoms with Gasteiger partial charge in [0.15, 0.2) is 16.6 Å². The molecule has 4 aromatic rings. The third-order valence-corrected chi connectivity index (χ3v) is 8.25. The molecule has 8 heteroatoms. The maximum absolute atomic E-state index is 13.7. The van der Waals surface area contributed by atoms with Crippen LogP contribution < -0.4 is 14.4 Å². The molecule has 7 nitrogen and oxygen atoms in total. The summed E-state index contributed by atoms with van der Waals surface area (Å²) >= 11 is 1.35. The van der Waals surface area contributed by atoms with Crippen molar-refractivity contribution in [2.75, 3.05) is 18.6 Å². The van der Waals surface area contributed by atoms with Gasteiger partial charge in [0.2, 0.25) is 0 Å². The van der Waals surface area contributed by atoms with Crippen molar-refractivity contribution < 1.29 is 24.2 Å². The molecule has 2 heterocycles. The third kappa shape index (κ3) is 5.44. The van der Waals surface area contributed by atoms with Crippen molar-refractivity contribution in [1.82, 2.24) is 4.98 Å². The van der Waals surface area contributed by atoms with Crippen LogP contribution in [0.1, 0.15) is 54.1 Å². The molecule has 0 saturated carbocycles. The van der Waals surface area contributed by atoms with Gasteiger partial charge in [-0.15, -0.1) is 0 Å². The summed E-state index contributed by atoms with van der Waals surface area (Å²) in [5.74, 6) is -0.213. The maximum Gasteiger partial charge on any atom is 0.301 e. The van der Waals surface area contributed by atoms with E-state index in [1.165, 1.54) is 16.2 Å². The Balaban J connectivity index is 1.68. The number of aliphatic hydroxyl groups is 1. The molecular weight excluding hydrogens is 536 g/mol. The lowest BCUT2D eigenvalue weighted by Crippen LogP contribution is -2.29. The lowest BCUT2D eigenvalue weighted by Gasteiger charge is -2.24. The van der Waals surface area contributed by atoms with Crippen molar-refractivity contribution >= 4 is 44.1 Å². The average molecular weight is 571 g/mol.